The molecule has 0 aromatic heterocycles. The Morgan fingerprint density at radius 2 is 2.06 bits per heavy atom. The highest BCUT2D eigenvalue weighted by Crippen LogP contribution is 2.11. The molecule has 0 saturated heterocycles. The fourth-order valence-corrected chi connectivity index (χ4v) is 1.10. The normalized spacial score (nSPS) is 12.3. The monoisotopic (exact) mass is 228 g/mol. The van der Waals surface area contributed by atoms with Gasteiger partial charge in [0.1, 0.15) is 18.2 Å². The van der Waals surface area contributed by atoms with Crippen molar-refractivity contribution >= 4 is 12.6 Å². The average Bonchev–Trinajstić information content (AvgIpc) is 2.25. The minimum Gasteiger partial charge on any atom is -0.491 e. The summed E-state index contributed by atoms with van der Waals surface area (Å²) >= 11 is 0. The van der Waals surface area contributed by atoms with E-state index >= 15 is 0 Å². The van der Waals surface area contributed by atoms with E-state index in [0.29, 0.717) is 0 Å². The first-order valence-corrected chi connectivity index (χ1v) is 4.85. The first-order chi connectivity index (χ1) is 7.52. The van der Waals surface area contributed by atoms with Crippen LogP contribution in [0.15, 0.2) is 18.2 Å². The van der Waals surface area contributed by atoms with Crippen molar-refractivity contribution in [1.29, 1.82) is 0 Å². The van der Waals surface area contributed by atoms with Gasteiger partial charge in [-0.15, -0.1) is 0 Å². The molecule has 88 valence electrons. The number of hydrogen-bond donors (Lipinski definition) is 2. The second-order valence-electron chi connectivity index (χ2n) is 3.45. The van der Waals surface area contributed by atoms with Crippen LogP contribution in [0.25, 0.3) is 0 Å². The second-order valence-corrected chi connectivity index (χ2v) is 3.45. The lowest BCUT2D eigenvalue weighted by Gasteiger charge is -2.12. The van der Waals surface area contributed by atoms with Crippen LogP contribution in [0.1, 0.15) is 6.92 Å². The van der Waals surface area contributed by atoms with Crippen LogP contribution in [0.4, 0.5) is 4.39 Å². The molecule has 0 aliphatic rings. The lowest BCUT2D eigenvalue weighted by molar-refractivity contribution is 0.0716. The van der Waals surface area contributed by atoms with Crippen molar-refractivity contribution in [1.82, 2.24) is 0 Å². The summed E-state index contributed by atoms with van der Waals surface area (Å²) < 4.78 is 23.3. The molecule has 0 heterocycles. The van der Waals surface area contributed by atoms with E-state index in [2.05, 4.69) is 0 Å². The van der Waals surface area contributed by atoms with Gasteiger partial charge in [-0.2, -0.15) is 0 Å². The largest absolute Gasteiger partial charge is 0.491 e. The van der Waals surface area contributed by atoms with E-state index in [9.17, 15) is 4.39 Å². The van der Waals surface area contributed by atoms with E-state index in [1.54, 1.807) is 14.0 Å². The van der Waals surface area contributed by atoms with Gasteiger partial charge in [0.05, 0.1) is 6.10 Å². The first kappa shape index (κ1) is 13.0. The van der Waals surface area contributed by atoms with E-state index in [0.717, 1.165) is 6.07 Å². The molecule has 1 atom stereocenters. The molecule has 1 unspecified atom stereocenters. The molecule has 1 aromatic rings. The van der Waals surface area contributed by atoms with Gasteiger partial charge in [0.25, 0.3) is 0 Å². The van der Waals surface area contributed by atoms with Crippen molar-refractivity contribution in [3.63, 3.8) is 0 Å². The van der Waals surface area contributed by atoms with Gasteiger partial charge < -0.3 is 19.5 Å². The molecule has 0 spiro atoms. The smallest absolute Gasteiger partial charge is 0.488 e. The number of hydrogen-bond acceptors (Lipinski definition) is 4. The van der Waals surface area contributed by atoms with Crippen LogP contribution in [0.5, 0.6) is 5.75 Å². The van der Waals surface area contributed by atoms with Gasteiger partial charge in [0, 0.05) is 13.2 Å². The molecule has 6 heteroatoms. The van der Waals surface area contributed by atoms with Gasteiger partial charge in [0.2, 0.25) is 0 Å². The van der Waals surface area contributed by atoms with Crippen molar-refractivity contribution < 1.29 is 23.9 Å². The quantitative estimate of drug-likeness (QED) is 0.692. The Hall–Kier alpha value is -1.11. The van der Waals surface area contributed by atoms with Gasteiger partial charge in [-0.05, 0) is 24.5 Å². The summed E-state index contributed by atoms with van der Waals surface area (Å²) in [5.74, 6) is -0.335. The summed E-state index contributed by atoms with van der Waals surface area (Å²) in [5, 5.41) is 17.8. The van der Waals surface area contributed by atoms with E-state index in [1.165, 1.54) is 12.1 Å². The van der Waals surface area contributed by atoms with Gasteiger partial charge in [-0.1, -0.05) is 0 Å². The SMILES string of the molecule is COC(C)COc1cc(F)cc(B(O)O)c1. The van der Waals surface area contributed by atoms with Crippen molar-refractivity contribution in [3.05, 3.63) is 24.0 Å². The van der Waals surface area contributed by atoms with E-state index in [1.807, 2.05) is 0 Å². The molecule has 0 amide bonds. The van der Waals surface area contributed by atoms with Crippen LogP contribution in [-0.4, -0.2) is 37.0 Å². The summed E-state index contributed by atoms with van der Waals surface area (Å²) in [5.41, 5.74) is 0.0556. The number of benzene rings is 1. The summed E-state index contributed by atoms with van der Waals surface area (Å²) in [6, 6.07) is 3.58. The molecular formula is C10H14BFO4. The van der Waals surface area contributed by atoms with Crippen molar-refractivity contribution in [2.24, 2.45) is 0 Å². The van der Waals surface area contributed by atoms with Crippen LogP contribution >= 0.6 is 0 Å². The molecule has 0 aliphatic carbocycles. The molecule has 0 bridgehead atoms. The fourth-order valence-electron chi connectivity index (χ4n) is 1.10. The second kappa shape index (κ2) is 5.84. The predicted octanol–water partition coefficient (Wildman–Crippen LogP) is -0.0808. The molecule has 4 nitrogen and oxygen atoms in total. The zero-order chi connectivity index (χ0) is 12.1. The maximum absolute atomic E-state index is 13.1. The van der Waals surface area contributed by atoms with Crippen molar-refractivity contribution in [2.45, 2.75) is 13.0 Å². The fraction of sp³-hybridized carbons (Fsp3) is 0.400. The summed E-state index contributed by atoms with van der Waals surface area (Å²) in [6.45, 7) is 2.07. The Morgan fingerprint density at radius 1 is 1.38 bits per heavy atom. The highest BCUT2D eigenvalue weighted by Gasteiger charge is 2.14. The third-order valence-corrected chi connectivity index (χ3v) is 2.08. The molecule has 0 aliphatic heterocycles. The highest BCUT2D eigenvalue weighted by molar-refractivity contribution is 6.58. The first-order valence-electron chi connectivity index (χ1n) is 4.85. The average molecular weight is 228 g/mol. The van der Waals surface area contributed by atoms with Crippen LogP contribution in [0.2, 0.25) is 0 Å². The summed E-state index contributed by atoms with van der Waals surface area (Å²) in [4.78, 5) is 0. The van der Waals surface area contributed by atoms with Crippen molar-refractivity contribution in [2.75, 3.05) is 13.7 Å². The maximum Gasteiger partial charge on any atom is 0.488 e. The molecule has 1 rings (SSSR count). The molecule has 0 radical (unpaired) electrons. The predicted molar refractivity (Wildman–Crippen MR) is 58.2 cm³/mol. The topological polar surface area (TPSA) is 58.9 Å². The third kappa shape index (κ3) is 3.81. The standard InChI is InChI=1S/C10H14BFO4/c1-7(15-2)6-16-10-4-8(11(13)14)3-9(12)5-10/h3-5,7,13-14H,6H2,1-2H3. The van der Waals surface area contributed by atoms with Gasteiger partial charge >= 0.3 is 7.12 Å². The summed E-state index contributed by atoms with van der Waals surface area (Å²) in [6.07, 6.45) is -0.120. The zero-order valence-corrected chi connectivity index (χ0v) is 9.18. The molecule has 0 fully saturated rings. The van der Waals surface area contributed by atoms with Gasteiger partial charge in [-0.3, -0.25) is 0 Å². The van der Waals surface area contributed by atoms with Gasteiger partial charge in [-0.25, -0.2) is 4.39 Å². The minimum absolute atomic E-state index is 0.0556. The van der Waals surface area contributed by atoms with E-state index in [-0.39, 0.29) is 23.9 Å². The number of halogens is 1. The molecule has 0 saturated carbocycles. The van der Waals surface area contributed by atoms with Crippen LogP contribution in [-0.2, 0) is 4.74 Å². The molecular weight excluding hydrogens is 214 g/mol. The van der Waals surface area contributed by atoms with Crippen LogP contribution < -0.4 is 10.2 Å². The lowest BCUT2D eigenvalue weighted by atomic mass is 9.80. The Kier molecular flexibility index (Phi) is 4.73. The Bertz CT molecular complexity index is 346. The maximum atomic E-state index is 13.1. The van der Waals surface area contributed by atoms with E-state index in [4.69, 9.17) is 19.5 Å². The zero-order valence-electron chi connectivity index (χ0n) is 9.18. The number of rotatable bonds is 5. The highest BCUT2D eigenvalue weighted by atomic mass is 19.1. The molecule has 2 N–H and O–H groups in total. The summed E-state index contributed by atoms with van der Waals surface area (Å²) in [7, 11) is -0.166. The minimum atomic E-state index is -1.71. The van der Waals surface area contributed by atoms with Crippen LogP contribution in [0, 0.1) is 5.82 Å². The Balaban J connectivity index is 2.72. The number of ether oxygens (including phenoxy) is 2. The Morgan fingerprint density at radius 3 is 2.62 bits per heavy atom. The van der Waals surface area contributed by atoms with Crippen molar-refractivity contribution in [3.8, 4) is 5.75 Å². The number of methoxy groups -OCH3 is 1. The molecule has 16 heavy (non-hydrogen) atoms. The Labute approximate surface area is 93.8 Å². The van der Waals surface area contributed by atoms with Gasteiger partial charge in [0.15, 0.2) is 0 Å². The third-order valence-electron chi connectivity index (χ3n) is 2.08. The van der Waals surface area contributed by atoms with Crippen LogP contribution in [0.3, 0.4) is 0 Å². The van der Waals surface area contributed by atoms with E-state index < -0.39 is 12.9 Å². The lowest BCUT2D eigenvalue weighted by Crippen LogP contribution is -2.30. The molecule has 1 aromatic carbocycles.